The lowest BCUT2D eigenvalue weighted by Gasteiger charge is -2.14. The Morgan fingerprint density at radius 1 is 0.913 bits per heavy atom. The van der Waals surface area contributed by atoms with E-state index in [9.17, 15) is 5.11 Å². The van der Waals surface area contributed by atoms with Gasteiger partial charge >= 0.3 is 0 Å². The van der Waals surface area contributed by atoms with Crippen LogP contribution in [0, 0.1) is 0 Å². The van der Waals surface area contributed by atoms with Crippen LogP contribution >= 0.6 is 0 Å². The van der Waals surface area contributed by atoms with Crippen molar-refractivity contribution < 1.29 is 5.11 Å². The van der Waals surface area contributed by atoms with Gasteiger partial charge in [-0.15, -0.1) is 0 Å². The van der Waals surface area contributed by atoms with Crippen LogP contribution in [0.25, 0.3) is 0 Å². The summed E-state index contributed by atoms with van der Waals surface area (Å²) in [4.78, 5) is 4.21. The van der Waals surface area contributed by atoms with Crippen LogP contribution in [0.2, 0.25) is 0 Å². The van der Waals surface area contributed by atoms with Gasteiger partial charge < -0.3 is 9.67 Å². The number of aryl methyl sites for hydroxylation is 1. The fourth-order valence-electron chi connectivity index (χ4n) is 2.81. The molecule has 0 saturated heterocycles. The predicted molar refractivity (Wildman–Crippen MR) is 92.1 cm³/mol. The van der Waals surface area contributed by atoms with Crippen LogP contribution in [0.15, 0.2) is 73.2 Å². The Balaban J connectivity index is 1.57. The number of aliphatic hydroxyl groups is 1. The molecule has 0 bridgehead atoms. The minimum absolute atomic E-state index is 0.468. The maximum absolute atomic E-state index is 10.5. The maximum atomic E-state index is 10.5. The summed E-state index contributed by atoms with van der Waals surface area (Å²) in [5, 5.41) is 10.5. The molecule has 3 nitrogen and oxygen atoms in total. The van der Waals surface area contributed by atoms with E-state index in [0.717, 1.165) is 31.5 Å². The Hall–Kier alpha value is -2.39. The second-order valence-electron chi connectivity index (χ2n) is 5.83. The Bertz CT molecular complexity index is 707. The van der Waals surface area contributed by atoms with Gasteiger partial charge in [0, 0.05) is 6.54 Å². The van der Waals surface area contributed by atoms with Crippen molar-refractivity contribution in [3.8, 4) is 0 Å². The van der Waals surface area contributed by atoms with Crippen molar-refractivity contribution >= 4 is 0 Å². The average molecular weight is 306 g/mol. The molecule has 3 rings (SSSR count). The first kappa shape index (κ1) is 15.5. The molecule has 0 saturated carbocycles. The monoisotopic (exact) mass is 306 g/mol. The highest BCUT2D eigenvalue weighted by Crippen LogP contribution is 2.20. The zero-order valence-electron chi connectivity index (χ0n) is 13.2. The van der Waals surface area contributed by atoms with Gasteiger partial charge in [-0.3, -0.25) is 0 Å². The molecule has 0 spiro atoms. The normalized spacial score (nSPS) is 12.2. The molecule has 0 radical (unpaired) electrons. The van der Waals surface area contributed by atoms with Gasteiger partial charge in [0.1, 0.15) is 0 Å². The number of imidazole rings is 1. The number of aliphatic hydroxyl groups excluding tert-OH is 1. The molecule has 118 valence electrons. The fourth-order valence-corrected chi connectivity index (χ4v) is 2.81. The summed E-state index contributed by atoms with van der Waals surface area (Å²) in [6, 6.07) is 20.7. The molecule has 1 aromatic heterocycles. The molecule has 2 aromatic carbocycles. The Labute approximate surface area is 137 Å². The topological polar surface area (TPSA) is 38.1 Å². The first-order valence-corrected chi connectivity index (χ1v) is 8.09. The van der Waals surface area contributed by atoms with E-state index in [1.54, 1.807) is 12.5 Å². The summed E-state index contributed by atoms with van der Waals surface area (Å²) in [5.41, 5.74) is 3.42. The molecule has 1 atom stereocenters. The van der Waals surface area contributed by atoms with Gasteiger partial charge in [0.05, 0.1) is 24.3 Å². The molecule has 1 heterocycles. The van der Waals surface area contributed by atoms with Crippen LogP contribution < -0.4 is 0 Å². The van der Waals surface area contributed by atoms with Gasteiger partial charge in [0.2, 0.25) is 0 Å². The first-order chi connectivity index (χ1) is 11.3. The smallest absolute Gasteiger partial charge is 0.0956 e. The van der Waals surface area contributed by atoms with Crippen LogP contribution in [0.1, 0.15) is 35.8 Å². The lowest BCUT2D eigenvalue weighted by molar-refractivity contribution is 0.156. The fraction of sp³-hybridized carbons (Fsp3) is 0.250. The molecule has 1 N–H and O–H groups in total. The van der Waals surface area contributed by atoms with E-state index in [0.29, 0.717) is 0 Å². The zero-order valence-corrected chi connectivity index (χ0v) is 13.2. The summed E-state index contributed by atoms with van der Waals surface area (Å²) in [7, 11) is 0. The highest BCUT2D eigenvalue weighted by atomic mass is 16.3. The second kappa shape index (κ2) is 7.75. The van der Waals surface area contributed by atoms with Crippen LogP contribution in [-0.2, 0) is 13.0 Å². The van der Waals surface area contributed by atoms with Crippen molar-refractivity contribution in [3.05, 3.63) is 90.0 Å². The standard InChI is InChI=1S/C20H22N2O/c23-20(13-7-12-17-8-3-1-4-9-17)19-14-21-16-22(19)15-18-10-5-2-6-11-18/h1-6,8-11,14,16,20,23H,7,12-13,15H2. The van der Waals surface area contributed by atoms with Crippen LogP contribution in [0.5, 0.6) is 0 Å². The van der Waals surface area contributed by atoms with Gasteiger partial charge in [-0.05, 0) is 30.4 Å². The molecule has 1 unspecified atom stereocenters. The summed E-state index contributed by atoms with van der Waals surface area (Å²) < 4.78 is 2.03. The molecule has 0 fully saturated rings. The molecular formula is C20H22N2O. The van der Waals surface area contributed by atoms with Crippen LogP contribution in [0.4, 0.5) is 0 Å². The number of rotatable bonds is 7. The van der Waals surface area contributed by atoms with E-state index < -0.39 is 6.10 Å². The second-order valence-corrected chi connectivity index (χ2v) is 5.83. The molecule has 3 heteroatoms. The third kappa shape index (κ3) is 4.30. The quantitative estimate of drug-likeness (QED) is 0.717. The molecular weight excluding hydrogens is 284 g/mol. The van der Waals surface area contributed by atoms with Crippen LogP contribution in [0.3, 0.4) is 0 Å². The lowest BCUT2D eigenvalue weighted by Crippen LogP contribution is -2.08. The summed E-state index contributed by atoms with van der Waals surface area (Å²) in [5.74, 6) is 0. The van der Waals surface area contributed by atoms with E-state index in [1.807, 2.05) is 28.8 Å². The summed E-state index contributed by atoms with van der Waals surface area (Å²) >= 11 is 0. The highest BCUT2D eigenvalue weighted by molar-refractivity contribution is 5.17. The number of benzene rings is 2. The van der Waals surface area contributed by atoms with Gasteiger partial charge in [-0.2, -0.15) is 0 Å². The van der Waals surface area contributed by atoms with Crippen molar-refractivity contribution in [3.63, 3.8) is 0 Å². The Kier molecular flexibility index (Phi) is 5.22. The van der Waals surface area contributed by atoms with Crippen molar-refractivity contribution in [2.75, 3.05) is 0 Å². The molecule has 3 aromatic rings. The van der Waals surface area contributed by atoms with E-state index in [1.165, 1.54) is 11.1 Å². The highest BCUT2D eigenvalue weighted by Gasteiger charge is 2.13. The maximum Gasteiger partial charge on any atom is 0.0956 e. The molecule has 0 amide bonds. The number of nitrogens with zero attached hydrogens (tertiary/aromatic N) is 2. The van der Waals surface area contributed by atoms with Crippen LogP contribution in [-0.4, -0.2) is 14.7 Å². The molecule has 23 heavy (non-hydrogen) atoms. The van der Waals surface area contributed by atoms with E-state index in [-0.39, 0.29) is 0 Å². The molecule has 0 aliphatic rings. The van der Waals surface area contributed by atoms with Crippen molar-refractivity contribution in [2.45, 2.75) is 31.9 Å². The third-order valence-electron chi connectivity index (χ3n) is 4.07. The summed E-state index contributed by atoms with van der Waals surface area (Å²) in [6.07, 6.45) is 5.80. The Morgan fingerprint density at radius 3 is 2.26 bits per heavy atom. The minimum Gasteiger partial charge on any atom is -0.387 e. The van der Waals surface area contributed by atoms with E-state index in [4.69, 9.17) is 0 Å². The van der Waals surface area contributed by atoms with E-state index >= 15 is 0 Å². The minimum atomic E-state index is -0.468. The van der Waals surface area contributed by atoms with E-state index in [2.05, 4.69) is 41.4 Å². The van der Waals surface area contributed by atoms with Gasteiger partial charge in [0.15, 0.2) is 0 Å². The summed E-state index contributed by atoms with van der Waals surface area (Å²) in [6.45, 7) is 0.742. The third-order valence-corrected chi connectivity index (χ3v) is 4.07. The number of hydrogen-bond acceptors (Lipinski definition) is 2. The molecule has 0 aliphatic heterocycles. The number of aromatic nitrogens is 2. The van der Waals surface area contributed by atoms with Crippen molar-refractivity contribution in [1.29, 1.82) is 0 Å². The van der Waals surface area contributed by atoms with Crippen molar-refractivity contribution in [2.24, 2.45) is 0 Å². The number of hydrogen-bond donors (Lipinski definition) is 1. The lowest BCUT2D eigenvalue weighted by atomic mass is 10.0. The van der Waals surface area contributed by atoms with Gasteiger partial charge in [0.25, 0.3) is 0 Å². The zero-order chi connectivity index (χ0) is 15.9. The van der Waals surface area contributed by atoms with Gasteiger partial charge in [-0.1, -0.05) is 60.7 Å². The SMILES string of the molecule is OC(CCCc1ccccc1)c1cncn1Cc1ccccc1. The average Bonchev–Trinajstić information content (AvgIpc) is 3.05. The predicted octanol–water partition coefficient (Wildman–Crippen LogP) is 3.99. The van der Waals surface area contributed by atoms with Crippen molar-refractivity contribution in [1.82, 2.24) is 9.55 Å². The van der Waals surface area contributed by atoms with Gasteiger partial charge in [-0.25, -0.2) is 4.98 Å². The largest absolute Gasteiger partial charge is 0.387 e. The Morgan fingerprint density at radius 2 is 1.57 bits per heavy atom. The first-order valence-electron chi connectivity index (χ1n) is 8.09. The molecule has 0 aliphatic carbocycles.